The molecule has 0 spiro atoms. The van der Waals surface area contributed by atoms with Crippen molar-refractivity contribution >= 4 is 17.3 Å². The van der Waals surface area contributed by atoms with Crippen molar-refractivity contribution in [2.45, 2.75) is 32.7 Å². The first-order valence-electron chi connectivity index (χ1n) is 6.45. The van der Waals surface area contributed by atoms with Gasteiger partial charge in [-0.15, -0.1) is 0 Å². The molecule has 0 bridgehead atoms. The Labute approximate surface area is 109 Å². The molecule has 0 aromatic heterocycles. The minimum absolute atomic E-state index is 0.772. The predicted molar refractivity (Wildman–Crippen MR) is 74.2 cm³/mol. The van der Waals surface area contributed by atoms with Crippen molar-refractivity contribution in [3.05, 3.63) is 28.8 Å². The lowest BCUT2D eigenvalue weighted by atomic mass is 9.85. The van der Waals surface area contributed by atoms with Gasteiger partial charge in [-0.25, -0.2) is 0 Å². The topological polar surface area (TPSA) is 29.3 Å². The zero-order valence-electron chi connectivity index (χ0n) is 10.5. The summed E-state index contributed by atoms with van der Waals surface area (Å²) in [7, 11) is 0. The van der Waals surface area contributed by atoms with Gasteiger partial charge in [-0.1, -0.05) is 24.9 Å². The normalized spacial score (nSPS) is 16.2. The molecule has 0 aliphatic heterocycles. The number of anilines is 1. The molecular formula is C14H21ClN2. The molecule has 1 aromatic rings. The number of halogens is 1. The van der Waals surface area contributed by atoms with Gasteiger partial charge in [0.05, 0.1) is 0 Å². The number of nitrogen functional groups attached to an aromatic ring is 1. The summed E-state index contributed by atoms with van der Waals surface area (Å²) in [5.41, 5.74) is 7.98. The smallest absolute Gasteiger partial charge is 0.0410 e. The molecule has 3 heteroatoms. The molecule has 0 saturated heterocycles. The van der Waals surface area contributed by atoms with Crippen LogP contribution in [0.25, 0.3) is 0 Å². The highest BCUT2D eigenvalue weighted by molar-refractivity contribution is 6.30. The van der Waals surface area contributed by atoms with Gasteiger partial charge in [0.25, 0.3) is 0 Å². The Morgan fingerprint density at radius 1 is 1.41 bits per heavy atom. The molecule has 17 heavy (non-hydrogen) atoms. The van der Waals surface area contributed by atoms with Crippen molar-refractivity contribution in [2.75, 3.05) is 18.8 Å². The van der Waals surface area contributed by atoms with Gasteiger partial charge in [0.1, 0.15) is 0 Å². The summed E-state index contributed by atoms with van der Waals surface area (Å²) >= 11 is 6.01. The van der Waals surface area contributed by atoms with Crippen LogP contribution in [0.15, 0.2) is 18.2 Å². The van der Waals surface area contributed by atoms with Crippen molar-refractivity contribution in [3.8, 4) is 0 Å². The fraction of sp³-hybridized carbons (Fsp3) is 0.571. The van der Waals surface area contributed by atoms with Crippen LogP contribution in [0.3, 0.4) is 0 Å². The van der Waals surface area contributed by atoms with Crippen LogP contribution >= 0.6 is 11.6 Å². The van der Waals surface area contributed by atoms with Gasteiger partial charge < -0.3 is 5.73 Å². The summed E-state index contributed by atoms with van der Waals surface area (Å²) in [5, 5.41) is 0.772. The van der Waals surface area contributed by atoms with Crippen LogP contribution in [-0.2, 0) is 6.54 Å². The van der Waals surface area contributed by atoms with E-state index in [4.69, 9.17) is 17.3 Å². The number of rotatable bonds is 5. The van der Waals surface area contributed by atoms with Gasteiger partial charge in [-0.2, -0.15) is 0 Å². The number of hydrogen-bond acceptors (Lipinski definition) is 2. The third kappa shape index (κ3) is 3.36. The Bertz CT molecular complexity index is 374. The molecule has 2 nitrogen and oxygen atoms in total. The van der Waals surface area contributed by atoms with E-state index in [1.54, 1.807) is 0 Å². The maximum Gasteiger partial charge on any atom is 0.0410 e. The molecule has 0 unspecified atom stereocenters. The molecule has 1 aliphatic carbocycles. The molecule has 2 rings (SSSR count). The molecule has 1 fully saturated rings. The summed E-state index contributed by atoms with van der Waals surface area (Å²) < 4.78 is 0. The highest BCUT2D eigenvalue weighted by atomic mass is 35.5. The molecule has 1 saturated carbocycles. The first-order chi connectivity index (χ1) is 8.19. The van der Waals surface area contributed by atoms with E-state index in [0.29, 0.717) is 0 Å². The molecule has 94 valence electrons. The van der Waals surface area contributed by atoms with E-state index in [2.05, 4.69) is 11.8 Å². The number of nitrogens with zero attached hydrogens (tertiary/aromatic N) is 1. The second-order valence-electron chi connectivity index (χ2n) is 4.97. The molecular weight excluding hydrogens is 232 g/mol. The Kier molecular flexibility index (Phi) is 4.30. The van der Waals surface area contributed by atoms with Crippen LogP contribution in [0, 0.1) is 5.92 Å². The quantitative estimate of drug-likeness (QED) is 0.813. The van der Waals surface area contributed by atoms with Crippen LogP contribution in [0.1, 0.15) is 31.7 Å². The lowest BCUT2D eigenvalue weighted by Crippen LogP contribution is -2.32. The standard InChI is InChI=1S/C14H21ClN2/c1-2-17(9-11-4-3-5-11)10-12-8-13(15)6-7-14(12)16/h6-8,11H,2-5,9-10,16H2,1H3. The van der Waals surface area contributed by atoms with E-state index >= 15 is 0 Å². The lowest BCUT2D eigenvalue weighted by molar-refractivity contribution is 0.178. The molecule has 2 N–H and O–H groups in total. The Balaban J connectivity index is 1.98. The van der Waals surface area contributed by atoms with Crippen molar-refractivity contribution in [1.82, 2.24) is 4.90 Å². The van der Waals surface area contributed by atoms with Crippen LogP contribution in [-0.4, -0.2) is 18.0 Å². The van der Waals surface area contributed by atoms with E-state index in [1.807, 2.05) is 18.2 Å². The number of nitrogens with two attached hydrogens (primary N) is 1. The lowest BCUT2D eigenvalue weighted by Gasteiger charge is -2.32. The van der Waals surface area contributed by atoms with E-state index in [9.17, 15) is 0 Å². The van der Waals surface area contributed by atoms with E-state index in [-0.39, 0.29) is 0 Å². The van der Waals surface area contributed by atoms with Crippen LogP contribution in [0.5, 0.6) is 0 Å². The molecule has 0 amide bonds. The summed E-state index contributed by atoms with van der Waals surface area (Å²) in [6.07, 6.45) is 4.19. The Morgan fingerprint density at radius 3 is 2.76 bits per heavy atom. The summed E-state index contributed by atoms with van der Waals surface area (Å²) in [4.78, 5) is 2.46. The first-order valence-corrected chi connectivity index (χ1v) is 6.83. The van der Waals surface area contributed by atoms with Gasteiger partial charge in [0.2, 0.25) is 0 Å². The maximum absolute atomic E-state index is 6.01. The minimum atomic E-state index is 0.772. The maximum atomic E-state index is 6.01. The molecule has 1 aromatic carbocycles. The summed E-state index contributed by atoms with van der Waals surface area (Å²) in [5.74, 6) is 0.898. The van der Waals surface area contributed by atoms with Gasteiger partial charge >= 0.3 is 0 Å². The van der Waals surface area contributed by atoms with Gasteiger partial charge in [0, 0.05) is 23.8 Å². The zero-order chi connectivity index (χ0) is 12.3. The monoisotopic (exact) mass is 252 g/mol. The Hall–Kier alpha value is -0.730. The fourth-order valence-electron chi connectivity index (χ4n) is 2.30. The summed E-state index contributed by atoms with van der Waals surface area (Å²) in [6, 6.07) is 5.73. The largest absolute Gasteiger partial charge is 0.398 e. The summed E-state index contributed by atoms with van der Waals surface area (Å²) in [6.45, 7) is 5.39. The molecule has 0 atom stereocenters. The van der Waals surface area contributed by atoms with Crippen LogP contribution < -0.4 is 5.73 Å². The van der Waals surface area contributed by atoms with Crippen molar-refractivity contribution in [3.63, 3.8) is 0 Å². The first kappa shape index (κ1) is 12.7. The van der Waals surface area contributed by atoms with Gasteiger partial charge in [0.15, 0.2) is 0 Å². The second kappa shape index (κ2) is 5.74. The highest BCUT2D eigenvalue weighted by Crippen LogP contribution is 2.28. The third-order valence-electron chi connectivity index (χ3n) is 3.69. The fourth-order valence-corrected chi connectivity index (χ4v) is 2.49. The average Bonchev–Trinajstić information content (AvgIpc) is 2.26. The SMILES string of the molecule is CCN(Cc1cc(Cl)ccc1N)CC1CCC1. The van der Waals surface area contributed by atoms with Gasteiger partial charge in [-0.05, 0) is 49.1 Å². The third-order valence-corrected chi connectivity index (χ3v) is 3.92. The van der Waals surface area contributed by atoms with E-state index in [0.717, 1.165) is 35.3 Å². The number of hydrogen-bond donors (Lipinski definition) is 1. The second-order valence-corrected chi connectivity index (χ2v) is 5.40. The highest BCUT2D eigenvalue weighted by Gasteiger charge is 2.20. The van der Waals surface area contributed by atoms with Crippen molar-refractivity contribution < 1.29 is 0 Å². The van der Waals surface area contributed by atoms with Crippen LogP contribution in [0.2, 0.25) is 5.02 Å². The molecule has 0 radical (unpaired) electrons. The average molecular weight is 253 g/mol. The van der Waals surface area contributed by atoms with E-state index < -0.39 is 0 Å². The van der Waals surface area contributed by atoms with Crippen molar-refractivity contribution in [1.29, 1.82) is 0 Å². The van der Waals surface area contributed by atoms with Crippen molar-refractivity contribution in [2.24, 2.45) is 5.92 Å². The zero-order valence-corrected chi connectivity index (χ0v) is 11.2. The number of benzene rings is 1. The Morgan fingerprint density at radius 2 is 2.18 bits per heavy atom. The van der Waals surface area contributed by atoms with Gasteiger partial charge in [-0.3, -0.25) is 4.90 Å². The predicted octanol–water partition coefficient (Wildman–Crippen LogP) is 3.54. The van der Waals surface area contributed by atoms with Crippen LogP contribution in [0.4, 0.5) is 5.69 Å². The molecule has 0 heterocycles. The minimum Gasteiger partial charge on any atom is -0.398 e. The van der Waals surface area contributed by atoms with E-state index in [1.165, 1.54) is 25.8 Å². The molecule has 1 aliphatic rings.